The average Bonchev–Trinajstić information content (AvgIpc) is 2.31. The first-order valence-corrected chi connectivity index (χ1v) is 11.4. The number of halogens is 2. The van der Waals surface area contributed by atoms with Gasteiger partial charge in [-0.05, 0) is 26.4 Å². The van der Waals surface area contributed by atoms with Crippen LogP contribution in [0.5, 0.6) is 0 Å². The van der Waals surface area contributed by atoms with Crippen molar-refractivity contribution >= 4 is 18.8 Å². The van der Waals surface area contributed by atoms with E-state index in [0.717, 1.165) is 6.54 Å². The molecule has 0 saturated carbocycles. The van der Waals surface area contributed by atoms with E-state index in [1.165, 1.54) is 19.4 Å². The molecule has 4 nitrogen and oxygen atoms in total. The summed E-state index contributed by atoms with van der Waals surface area (Å²) in [5.74, 6) is 0. The van der Waals surface area contributed by atoms with E-state index >= 15 is 0 Å². The molecule has 1 aliphatic heterocycles. The van der Waals surface area contributed by atoms with Gasteiger partial charge in [0.1, 0.15) is 0 Å². The molecule has 1 saturated heterocycles. The number of nitrogens with two attached hydrogens (primary N) is 1. The number of likely N-dealkylation sites (tertiary alicyclic amines) is 1. The number of hydrogen-bond donors (Lipinski definition) is 3. The predicted octanol–water partition coefficient (Wildman–Crippen LogP) is 0.302. The standard InChI is InChI=1S/C6H14N2.2ClH.2H2O.Pt/c1-8-4-2-3-6(8)5-7;;;;;/h6H,2-5,7H2,1H3;2*1H;2*1H2;/q;;;;;+4/p-4. The molecule has 4 N–H and O–H groups in total. The second-order valence-electron chi connectivity index (χ2n) is 2.83. The predicted molar refractivity (Wildman–Crippen MR) is 50.9 cm³/mol. The number of hydrogen-bond acceptors (Lipinski definition) is 4. The van der Waals surface area contributed by atoms with Crippen LogP contribution in [-0.2, 0) is 14.7 Å². The van der Waals surface area contributed by atoms with Gasteiger partial charge < -0.3 is 10.6 Å². The molecule has 86 valence electrons. The monoisotopic (exact) mass is 413 g/mol. The van der Waals surface area contributed by atoms with Gasteiger partial charge in [-0.2, -0.15) is 0 Å². The molecule has 1 unspecified atom stereocenters. The molecule has 0 amide bonds. The van der Waals surface area contributed by atoms with Crippen LogP contribution in [0.15, 0.2) is 0 Å². The number of rotatable bonds is 1. The summed E-state index contributed by atoms with van der Waals surface area (Å²) in [7, 11) is 11.3. The first-order chi connectivity index (χ1) is 5.84. The molecule has 0 aromatic rings. The first kappa shape index (κ1) is 14.1. The number of nitrogens with zero attached hydrogens (tertiary/aromatic N) is 1. The van der Waals surface area contributed by atoms with Crippen LogP contribution in [0, 0.1) is 0 Å². The summed E-state index contributed by atoms with van der Waals surface area (Å²) in [5, 5.41) is 0. The van der Waals surface area contributed by atoms with E-state index in [4.69, 9.17) is 13.3 Å². The van der Waals surface area contributed by atoms with Gasteiger partial charge in [0.05, 0.1) is 0 Å². The normalized spacial score (nSPS) is 25.2. The Balaban J connectivity index is 0.000000252. The fourth-order valence-electron chi connectivity index (χ4n) is 1.28. The molecule has 1 aliphatic rings. The van der Waals surface area contributed by atoms with Gasteiger partial charge in [-0.15, -0.1) is 0 Å². The fraction of sp³-hybridized carbons (Fsp3) is 1.00. The van der Waals surface area contributed by atoms with Gasteiger partial charge >= 0.3 is 41.1 Å². The number of likely N-dealkylation sites (N-methyl/N-ethyl adjacent to an activating group) is 1. The van der Waals surface area contributed by atoms with Crippen LogP contribution in [0.25, 0.3) is 0 Å². The van der Waals surface area contributed by atoms with Crippen LogP contribution in [-0.4, -0.2) is 38.6 Å². The molecule has 1 heterocycles. The molecular formula is C6H16Cl2N2O2Pt. The van der Waals surface area contributed by atoms with E-state index in [1.807, 2.05) is 0 Å². The molecule has 0 bridgehead atoms. The average molecular weight is 414 g/mol. The summed E-state index contributed by atoms with van der Waals surface area (Å²) < 4.78 is 15.6. The Morgan fingerprint density at radius 2 is 2.00 bits per heavy atom. The van der Waals surface area contributed by atoms with Crippen LogP contribution in [0.2, 0.25) is 0 Å². The van der Waals surface area contributed by atoms with Crippen LogP contribution in [0.1, 0.15) is 12.8 Å². The Bertz CT molecular complexity index is 139. The Morgan fingerprint density at radius 3 is 2.15 bits per heavy atom. The maximum atomic E-state index is 7.79. The SMILES string of the molecule is CN1CCCC1CN.[OH][Pt]([OH])([Cl])[Cl]. The van der Waals surface area contributed by atoms with E-state index in [9.17, 15) is 0 Å². The third-order valence-electron chi connectivity index (χ3n) is 1.94. The van der Waals surface area contributed by atoms with Crippen LogP contribution in [0.3, 0.4) is 0 Å². The van der Waals surface area contributed by atoms with Crippen molar-refractivity contribution in [3.63, 3.8) is 0 Å². The zero-order chi connectivity index (χ0) is 10.5. The topological polar surface area (TPSA) is 69.7 Å². The fourth-order valence-corrected chi connectivity index (χ4v) is 1.28. The Labute approximate surface area is 90.6 Å². The minimum absolute atomic E-state index is 0.676. The zero-order valence-corrected chi connectivity index (χ0v) is 11.2. The van der Waals surface area contributed by atoms with E-state index in [2.05, 4.69) is 30.8 Å². The molecular weight excluding hydrogens is 398 g/mol. The summed E-state index contributed by atoms with van der Waals surface area (Å²) >= 11 is -4.00. The zero-order valence-electron chi connectivity index (χ0n) is 7.40. The molecule has 0 aliphatic carbocycles. The van der Waals surface area contributed by atoms with Gasteiger partial charge in [-0.3, -0.25) is 0 Å². The van der Waals surface area contributed by atoms with Crippen molar-refractivity contribution in [2.45, 2.75) is 18.9 Å². The molecule has 1 fully saturated rings. The molecule has 1 rings (SSSR count). The van der Waals surface area contributed by atoms with Crippen LogP contribution >= 0.6 is 18.8 Å². The van der Waals surface area contributed by atoms with Crippen molar-refractivity contribution in [1.29, 1.82) is 0 Å². The Morgan fingerprint density at radius 1 is 1.54 bits per heavy atom. The molecule has 7 heteroatoms. The van der Waals surface area contributed by atoms with Gasteiger partial charge in [-0.1, -0.05) is 0 Å². The van der Waals surface area contributed by atoms with Gasteiger partial charge in [0.15, 0.2) is 0 Å². The second-order valence-corrected chi connectivity index (χ2v) is 11.6. The van der Waals surface area contributed by atoms with Crippen LogP contribution < -0.4 is 5.73 Å². The van der Waals surface area contributed by atoms with Crippen molar-refractivity contribution in [2.24, 2.45) is 5.73 Å². The molecule has 0 aromatic carbocycles. The summed E-state index contributed by atoms with van der Waals surface area (Å²) in [6.07, 6.45) is 2.63. The molecule has 13 heavy (non-hydrogen) atoms. The van der Waals surface area contributed by atoms with Gasteiger partial charge in [0.2, 0.25) is 0 Å². The molecule has 0 radical (unpaired) electrons. The summed E-state index contributed by atoms with van der Waals surface area (Å²) in [6, 6.07) is 0.676. The van der Waals surface area contributed by atoms with Gasteiger partial charge in [0.25, 0.3) is 0 Å². The Kier molecular flexibility index (Phi) is 7.13. The van der Waals surface area contributed by atoms with Crippen molar-refractivity contribution in [2.75, 3.05) is 20.1 Å². The van der Waals surface area contributed by atoms with Crippen molar-refractivity contribution in [3.05, 3.63) is 0 Å². The van der Waals surface area contributed by atoms with Crippen molar-refractivity contribution < 1.29 is 22.3 Å². The third-order valence-corrected chi connectivity index (χ3v) is 1.94. The van der Waals surface area contributed by atoms with Gasteiger partial charge in [-0.25, -0.2) is 0 Å². The van der Waals surface area contributed by atoms with Crippen LogP contribution in [0.4, 0.5) is 0 Å². The van der Waals surface area contributed by atoms with Gasteiger partial charge in [0, 0.05) is 12.6 Å². The minimum atomic E-state index is -4.00. The molecule has 0 spiro atoms. The summed E-state index contributed by atoms with van der Waals surface area (Å²) in [4.78, 5) is 2.33. The van der Waals surface area contributed by atoms with E-state index in [0.29, 0.717) is 6.04 Å². The van der Waals surface area contributed by atoms with Crippen molar-refractivity contribution in [3.8, 4) is 0 Å². The third kappa shape index (κ3) is 9.41. The van der Waals surface area contributed by atoms with E-state index in [1.54, 1.807) is 0 Å². The van der Waals surface area contributed by atoms with Crippen molar-refractivity contribution in [1.82, 2.24) is 4.90 Å². The Hall–Kier alpha value is 1.11. The maximum absolute atomic E-state index is 7.79. The summed E-state index contributed by atoms with van der Waals surface area (Å²) in [5.41, 5.74) is 5.48. The summed E-state index contributed by atoms with van der Waals surface area (Å²) in [6.45, 7) is 2.07. The molecule has 0 aromatic heterocycles. The van der Waals surface area contributed by atoms with E-state index in [-0.39, 0.29) is 0 Å². The first-order valence-electron chi connectivity index (χ1n) is 3.77. The molecule has 1 atom stereocenters. The second kappa shape index (κ2) is 6.57. The quantitative estimate of drug-likeness (QED) is 0.578. The van der Waals surface area contributed by atoms with E-state index < -0.39 is 14.7 Å².